The van der Waals surface area contributed by atoms with Crippen molar-refractivity contribution in [3.8, 4) is 0 Å². The predicted octanol–water partition coefficient (Wildman–Crippen LogP) is 3.12. The third kappa shape index (κ3) is 2.66. The fourth-order valence-corrected chi connectivity index (χ4v) is 1.35. The van der Waals surface area contributed by atoms with Crippen LogP contribution in [0.5, 0.6) is 0 Å². The molecule has 0 unspecified atom stereocenters. The van der Waals surface area contributed by atoms with Crippen LogP contribution < -0.4 is 0 Å². The summed E-state index contributed by atoms with van der Waals surface area (Å²) in [5.74, 6) is 0. The molecule has 1 aromatic carbocycles. The molecule has 0 nitrogen and oxygen atoms in total. The molecule has 0 aliphatic rings. The standard InChI is InChI=1S/C10H12Br/c1-9-5-2-3-6-10(9)7-4-8-11/h2,5-6H,4,7-8H2,1H3. The number of aryl methyl sites for hydroxylation is 2. The molecule has 0 amide bonds. The summed E-state index contributed by atoms with van der Waals surface area (Å²) in [5, 5.41) is 1.08. The highest BCUT2D eigenvalue weighted by molar-refractivity contribution is 9.09. The molecule has 0 aliphatic heterocycles. The lowest BCUT2D eigenvalue weighted by Crippen LogP contribution is -1.89. The maximum absolute atomic E-state index is 3.42. The van der Waals surface area contributed by atoms with Crippen molar-refractivity contribution in [2.75, 3.05) is 5.33 Å². The van der Waals surface area contributed by atoms with Gasteiger partial charge in [-0.1, -0.05) is 34.1 Å². The number of hydrogen-bond acceptors (Lipinski definition) is 0. The van der Waals surface area contributed by atoms with Gasteiger partial charge in [-0.2, -0.15) is 0 Å². The van der Waals surface area contributed by atoms with E-state index in [0.717, 1.165) is 11.8 Å². The second-order valence-corrected chi connectivity index (χ2v) is 3.44. The van der Waals surface area contributed by atoms with Gasteiger partial charge >= 0.3 is 0 Å². The lowest BCUT2D eigenvalue weighted by molar-refractivity contribution is 0.929. The van der Waals surface area contributed by atoms with Crippen LogP contribution in [0.25, 0.3) is 0 Å². The Balaban J connectivity index is 2.62. The molecule has 1 rings (SSSR count). The fraction of sp³-hybridized carbons (Fsp3) is 0.400. The molecule has 0 bridgehead atoms. The minimum absolute atomic E-state index is 1.08. The van der Waals surface area contributed by atoms with Gasteiger partial charge in [0.1, 0.15) is 0 Å². The molecule has 1 radical (unpaired) electrons. The van der Waals surface area contributed by atoms with E-state index in [0.29, 0.717) is 0 Å². The van der Waals surface area contributed by atoms with Gasteiger partial charge in [-0.25, -0.2) is 0 Å². The molecule has 0 aliphatic carbocycles. The molecule has 1 heteroatoms. The van der Waals surface area contributed by atoms with E-state index in [2.05, 4.69) is 41.1 Å². The molecular formula is C10H12Br. The third-order valence-electron chi connectivity index (χ3n) is 1.77. The molecule has 0 aromatic heterocycles. The summed E-state index contributed by atoms with van der Waals surface area (Å²) < 4.78 is 0. The zero-order valence-corrected chi connectivity index (χ0v) is 8.32. The van der Waals surface area contributed by atoms with Gasteiger partial charge < -0.3 is 0 Å². The van der Waals surface area contributed by atoms with Gasteiger partial charge in [0, 0.05) is 5.33 Å². The summed E-state index contributed by atoms with van der Waals surface area (Å²) in [4.78, 5) is 0. The largest absolute Gasteiger partial charge is 0.0928 e. The normalized spacial score (nSPS) is 10.0. The van der Waals surface area contributed by atoms with Crippen LogP contribution in [0.4, 0.5) is 0 Å². The zero-order chi connectivity index (χ0) is 8.10. The van der Waals surface area contributed by atoms with Crippen molar-refractivity contribution in [1.29, 1.82) is 0 Å². The Morgan fingerprint density at radius 1 is 1.55 bits per heavy atom. The molecule has 0 saturated carbocycles. The highest BCUT2D eigenvalue weighted by Crippen LogP contribution is 2.09. The number of halogens is 1. The van der Waals surface area contributed by atoms with Crippen molar-refractivity contribution in [3.05, 3.63) is 35.4 Å². The molecule has 11 heavy (non-hydrogen) atoms. The molecule has 0 saturated heterocycles. The van der Waals surface area contributed by atoms with Gasteiger partial charge in [-0.05, 0) is 37.0 Å². The second-order valence-electron chi connectivity index (χ2n) is 2.65. The third-order valence-corrected chi connectivity index (χ3v) is 2.33. The van der Waals surface area contributed by atoms with Crippen LogP contribution in [0.1, 0.15) is 17.5 Å². The first-order chi connectivity index (χ1) is 5.34. The van der Waals surface area contributed by atoms with Crippen LogP contribution in [0.3, 0.4) is 0 Å². The summed E-state index contributed by atoms with van der Waals surface area (Å²) >= 11 is 3.42. The van der Waals surface area contributed by atoms with Crippen molar-refractivity contribution in [1.82, 2.24) is 0 Å². The van der Waals surface area contributed by atoms with Crippen molar-refractivity contribution in [3.63, 3.8) is 0 Å². The van der Waals surface area contributed by atoms with Gasteiger partial charge in [0.2, 0.25) is 0 Å². The van der Waals surface area contributed by atoms with Crippen LogP contribution in [0.15, 0.2) is 18.2 Å². The van der Waals surface area contributed by atoms with E-state index in [1.165, 1.54) is 17.5 Å². The van der Waals surface area contributed by atoms with E-state index in [1.54, 1.807) is 0 Å². The molecule has 1 aromatic rings. The SMILES string of the molecule is Cc1cc[c]cc1CCCBr. The first-order valence-electron chi connectivity index (χ1n) is 3.86. The quantitative estimate of drug-likeness (QED) is 0.675. The van der Waals surface area contributed by atoms with Gasteiger partial charge in [-0.15, -0.1) is 0 Å². The lowest BCUT2D eigenvalue weighted by Gasteiger charge is -2.02. The minimum atomic E-state index is 1.08. The lowest BCUT2D eigenvalue weighted by atomic mass is 10.1. The van der Waals surface area contributed by atoms with Crippen LogP contribution in [0, 0.1) is 13.0 Å². The highest BCUT2D eigenvalue weighted by atomic mass is 79.9. The first kappa shape index (κ1) is 8.79. The smallest absolute Gasteiger partial charge is 0.00344 e. The van der Waals surface area contributed by atoms with Crippen molar-refractivity contribution >= 4 is 15.9 Å². The minimum Gasteiger partial charge on any atom is -0.0928 e. The fourth-order valence-electron chi connectivity index (χ4n) is 1.07. The Hall–Kier alpha value is -0.300. The molecular weight excluding hydrogens is 200 g/mol. The van der Waals surface area contributed by atoms with Gasteiger partial charge in [0.15, 0.2) is 0 Å². The van der Waals surface area contributed by atoms with E-state index < -0.39 is 0 Å². The Morgan fingerprint density at radius 3 is 3.00 bits per heavy atom. The van der Waals surface area contributed by atoms with Gasteiger partial charge in [0.25, 0.3) is 0 Å². The number of rotatable bonds is 3. The first-order valence-corrected chi connectivity index (χ1v) is 4.98. The Morgan fingerprint density at radius 2 is 2.36 bits per heavy atom. The second kappa shape index (κ2) is 4.55. The van der Waals surface area contributed by atoms with Crippen molar-refractivity contribution < 1.29 is 0 Å². The average molecular weight is 212 g/mol. The van der Waals surface area contributed by atoms with Crippen molar-refractivity contribution in [2.45, 2.75) is 19.8 Å². The van der Waals surface area contributed by atoms with E-state index >= 15 is 0 Å². The van der Waals surface area contributed by atoms with E-state index in [-0.39, 0.29) is 0 Å². The number of alkyl halides is 1. The van der Waals surface area contributed by atoms with Gasteiger partial charge in [0.05, 0.1) is 0 Å². The van der Waals surface area contributed by atoms with Crippen molar-refractivity contribution in [2.24, 2.45) is 0 Å². The summed E-state index contributed by atoms with van der Waals surface area (Å²) in [6.07, 6.45) is 2.37. The number of benzene rings is 1. The molecule has 0 N–H and O–H groups in total. The summed E-state index contributed by atoms with van der Waals surface area (Å²) in [6.45, 7) is 2.15. The summed E-state index contributed by atoms with van der Waals surface area (Å²) in [6, 6.07) is 9.26. The highest BCUT2D eigenvalue weighted by Gasteiger charge is 1.94. The van der Waals surface area contributed by atoms with Crippen LogP contribution in [0.2, 0.25) is 0 Å². The van der Waals surface area contributed by atoms with E-state index in [4.69, 9.17) is 0 Å². The average Bonchev–Trinajstić information content (AvgIpc) is 2.03. The Labute approximate surface area is 76.8 Å². The monoisotopic (exact) mass is 211 g/mol. The maximum atomic E-state index is 3.42. The molecule has 0 atom stereocenters. The van der Waals surface area contributed by atoms with Crippen LogP contribution >= 0.6 is 15.9 Å². The van der Waals surface area contributed by atoms with Crippen LogP contribution in [-0.2, 0) is 6.42 Å². The Bertz CT molecular complexity index is 218. The zero-order valence-electron chi connectivity index (χ0n) is 6.73. The molecule has 59 valence electrons. The van der Waals surface area contributed by atoms with E-state index in [1.807, 2.05) is 6.07 Å². The predicted molar refractivity (Wildman–Crippen MR) is 52.1 cm³/mol. The molecule has 0 fully saturated rings. The Kier molecular flexibility index (Phi) is 3.64. The number of hydrogen-bond donors (Lipinski definition) is 0. The molecule has 0 heterocycles. The maximum Gasteiger partial charge on any atom is 0.00344 e. The molecule has 0 spiro atoms. The summed E-state index contributed by atoms with van der Waals surface area (Å²) in [5.41, 5.74) is 2.80. The summed E-state index contributed by atoms with van der Waals surface area (Å²) in [7, 11) is 0. The van der Waals surface area contributed by atoms with Gasteiger partial charge in [-0.3, -0.25) is 0 Å². The topological polar surface area (TPSA) is 0 Å². The van der Waals surface area contributed by atoms with E-state index in [9.17, 15) is 0 Å². The van der Waals surface area contributed by atoms with Crippen LogP contribution in [-0.4, -0.2) is 5.33 Å².